The summed E-state index contributed by atoms with van der Waals surface area (Å²) in [6.07, 6.45) is 6.88. The number of hydrogen-bond acceptors (Lipinski definition) is 4. The molecule has 2 fully saturated rings. The number of nitrogens with one attached hydrogen (secondary N) is 2. The van der Waals surface area contributed by atoms with Gasteiger partial charge in [0.25, 0.3) is 0 Å². The molecular formula is C29H45N5O3. The van der Waals surface area contributed by atoms with Crippen LogP contribution in [0.3, 0.4) is 0 Å². The fraction of sp³-hybridized carbons (Fsp3) is 0.655. The van der Waals surface area contributed by atoms with Crippen molar-refractivity contribution in [3.8, 4) is 5.75 Å². The maximum Gasteiger partial charge on any atom is 0.321 e. The number of allylic oxidation sites excluding steroid dienone is 1. The number of nitrogens with zero attached hydrogens (tertiary/aromatic N) is 3. The Kier molecular flexibility index (Phi) is 9.00. The first kappa shape index (κ1) is 27.3. The predicted molar refractivity (Wildman–Crippen MR) is 148 cm³/mol. The van der Waals surface area contributed by atoms with Crippen molar-refractivity contribution in [2.45, 2.75) is 46.5 Å². The summed E-state index contributed by atoms with van der Waals surface area (Å²) in [6.45, 7) is 12.8. The van der Waals surface area contributed by atoms with Gasteiger partial charge in [-0.15, -0.1) is 0 Å². The fourth-order valence-electron chi connectivity index (χ4n) is 5.95. The van der Waals surface area contributed by atoms with E-state index in [0.29, 0.717) is 31.0 Å². The van der Waals surface area contributed by atoms with Gasteiger partial charge < -0.3 is 25.2 Å². The van der Waals surface area contributed by atoms with Crippen molar-refractivity contribution in [2.24, 2.45) is 17.3 Å². The molecule has 1 aliphatic heterocycles. The van der Waals surface area contributed by atoms with Gasteiger partial charge in [0.1, 0.15) is 5.75 Å². The molecule has 1 saturated carbocycles. The van der Waals surface area contributed by atoms with Crippen molar-refractivity contribution < 1.29 is 14.3 Å². The molecule has 37 heavy (non-hydrogen) atoms. The van der Waals surface area contributed by atoms with Crippen LogP contribution in [0.2, 0.25) is 0 Å². The molecule has 1 aromatic carbocycles. The lowest BCUT2D eigenvalue weighted by atomic mass is 9.49. The van der Waals surface area contributed by atoms with Gasteiger partial charge in [-0.05, 0) is 48.6 Å². The summed E-state index contributed by atoms with van der Waals surface area (Å²) < 4.78 is 5.24. The highest BCUT2D eigenvalue weighted by molar-refractivity contribution is 5.89. The third kappa shape index (κ3) is 6.58. The molecule has 0 radical (unpaired) electrons. The number of urea groups is 2. The molecule has 5 rings (SSSR count). The van der Waals surface area contributed by atoms with Gasteiger partial charge in [0.05, 0.1) is 7.11 Å². The summed E-state index contributed by atoms with van der Waals surface area (Å²) in [5.41, 5.74) is 2.53. The third-order valence-corrected chi connectivity index (χ3v) is 8.72. The summed E-state index contributed by atoms with van der Waals surface area (Å²) in [5.74, 6) is 2.12. The Morgan fingerprint density at radius 2 is 1.97 bits per heavy atom. The summed E-state index contributed by atoms with van der Waals surface area (Å²) in [5, 5.41) is 6.11. The minimum Gasteiger partial charge on any atom is -0.497 e. The average Bonchev–Trinajstić information content (AvgIpc) is 2.91. The Balaban J connectivity index is 1.27. The first-order chi connectivity index (χ1) is 17.8. The fourth-order valence-corrected chi connectivity index (χ4v) is 5.95. The van der Waals surface area contributed by atoms with E-state index in [0.717, 1.165) is 69.3 Å². The van der Waals surface area contributed by atoms with Crippen molar-refractivity contribution in [1.29, 1.82) is 0 Å². The molecule has 2 N–H and O–H groups in total. The summed E-state index contributed by atoms with van der Waals surface area (Å²) in [6, 6.07) is 7.37. The normalized spacial score (nSPS) is 22.5. The summed E-state index contributed by atoms with van der Waals surface area (Å²) in [4.78, 5) is 32.1. The number of unbranched alkanes of at least 4 members (excludes halogenated alkanes) is 1. The van der Waals surface area contributed by atoms with E-state index in [1.807, 2.05) is 34.1 Å². The standard InChI is InChI=1S/C29H45N5O3/c1-5-6-12-30-27(35)34(21-22-10-11-23-19-26(22)29(23,2)3)18-15-32-13-16-33(17-14-32)28(36)31-24-8-7-9-25(20-24)37-4/h7-10,20,23,26H,5-6,11-19,21H2,1-4H3,(H,30,35)(H,31,36). The van der Waals surface area contributed by atoms with E-state index in [-0.39, 0.29) is 12.1 Å². The lowest BCUT2D eigenvalue weighted by Crippen LogP contribution is -2.53. The number of methoxy groups -OCH3 is 1. The molecular weight excluding hydrogens is 466 g/mol. The van der Waals surface area contributed by atoms with Crippen LogP contribution in [-0.4, -0.2) is 86.2 Å². The molecule has 4 amide bonds. The van der Waals surface area contributed by atoms with Gasteiger partial charge >= 0.3 is 12.1 Å². The zero-order chi connectivity index (χ0) is 26.4. The molecule has 0 aromatic heterocycles. The zero-order valence-corrected chi connectivity index (χ0v) is 23.1. The highest BCUT2D eigenvalue weighted by Gasteiger charge is 2.51. The van der Waals surface area contributed by atoms with E-state index < -0.39 is 0 Å². The van der Waals surface area contributed by atoms with Gasteiger partial charge in [0.15, 0.2) is 0 Å². The van der Waals surface area contributed by atoms with Crippen molar-refractivity contribution in [2.75, 3.05) is 64.8 Å². The number of rotatable bonds is 10. The van der Waals surface area contributed by atoms with E-state index in [4.69, 9.17) is 4.74 Å². The van der Waals surface area contributed by atoms with Crippen molar-refractivity contribution in [3.63, 3.8) is 0 Å². The molecule has 1 saturated heterocycles. The quantitative estimate of drug-likeness (QED) is 0.354. The summed E-state index contributed by atoms with van der Waals surface area (Å²) >= 11 is 0. The first-order valence-electron chi connectivity index (χ1n) is 14.0. The van der Waals surface area contributed by atoms with E-state index in [1.54, 1.807) is 7.11 Å². The second-order valence-electron chi connectivity index (χ2n) is 11.3. The zero-order valence-electron chi connectivity index (χ0n) is 23.1. The molecule has 2 unspecified atom stereocenters. The maximum atomic E-state index is 13.1. The van der Waals surface area contributed by atoms with E-state index in [2.05, 4.69) is 42.4 Å². The Hall–Kier alpha value is -2.74. The van der Waals surface area contributed by atoms with Crippen LogP contribution in [0.1, 0.15) is 46.5 Å². The second-order valence-corrected chi connectivity index (χ2v) is 11.3. The molecule has 1 heterocycles. The Morgan fingerprint density at radius 3 is 2.65 bits per heavy atom. The van der Waals surface area contributed by atoms with Crippen LogP contribution in [0, 0.1) is 17.3 Å². The van der Waals surface area contributed by atoms with Crippen LogP contribution in [0.5, 0.6) is 5.75 Å². The number of ether oxygens (including phenoxy) is 1. The molecule has 4 aliphatic rings. The Bertz CT molecular complexity index is 970. The third-order valence-electron chi connectivity index (χ3n) is 8.72. The van der Waals surface area contributed by atoms with Crippen LogP contribution in [0.15, 0.2) is 35.9 Å². The second kappa shape index (κ2) is 12.2. The number of carbonyl (C=O) groups is 2. The van der Waals surface area contributed by atoms with Gasteiger partial charge in [-0.1, -0.05) is 44.9 Å². The monoisotopic (exact) mass is 511 g/mol. The van der Waals surface area contributed by atoms with Crippen molar-refractivity contribution in [1.82, 2.24) is 20.0 Å². The highest BCUT2D eigenvalue weighted by atomic mass is 16.5. The van der Waals surface area contributed by atoms with Crippen molar-refractivity contribution in [3.05, 3.63) is 35.9 Å². The van der Waals surface area contributed by atoms with Crippen LogP contribution >= 0.6 is 0 Å². The number of carbonyl (C=O) groups excluding carboxylic acids is 2. The van der Waals surface area contributed by atoms with Gasteiger partial charge in [-0.25, -0.2) is 9.59 Å². The molecule has 8 heteroatoms. The van der Waals surface area contributed by atoms with Gasteiger partial charge in [-0.2, -0.15) is 0 Å². The van der Waals surface area contributed by atoms with E-state index >= 15 is 0 Å². The van der Waals surface area contributed by atoms with Crippen LogP contribution < -0.4 is 15.4 Å². The lowest BCUT2D eigenvalue weighted by Gasteiger charge is -2.57. The lowest BCUT2D eigenvalue weighted by molar-refractivity contribution is -0.00982. The van der Waals surface area contributed by atoms with Gasteiger partial charge in [-0.3, -0.25) is 4.90 Å². The number of piperazine rings is 1. The van der Waals surface area contributed by atoms with Gasteiger partial charge in [0, 0.05) is 64.1 Å². The number of amides is 4. The number of fused-ring (bicyclic) bond motifs is 1. The average molecular weight is 512 g/mol. The summed E-state index contributed by atoms with van der Waals surface area (Å²) in [7, 11) is 1.62. The highest BCUT2D eigenvalue weighted by Crippen LogP contribution is 2.59. The minimum absolute atomic E-state index is 0.0462. The minimum atomic E-state index is -0.0875. The molecule has 204 valence electrons. The van der Waals surface area contributed by atoms with E-state index in [9.17, 15) is 9.59 Å². The molecule has 0 spiro atoms. The van der Waals surface area contributed by atoms with Crippen molar-refractivity contribution >= 4 is 17.7 Å². The number of hydrogen-bond donors (Lipinski definition) is 2. The SMILES string of the molecule is CCCCNC(=O)N(CCN1CCN(C(=O)Nc2cccc(OC)c2)CC1)CC1=CCC2CC1C2(C)C. The maximum absolute atomic E-state index is 13.1. The molecule has 3 aliphatic carbocycles. The van der Waals surface area contributed by atoms with Gasteiger partial charge in [0.2, 0.25) is 0 Å². The van der Waals surface area contributed by atoms with E-state index in [1.165, 1.54) is 12.0 Å². The largest absolute Gasteiger partial charge is 0.497 e. The Labute approximate surface area is 222 Å². The molecule has 2 bridgehead atoms. The molecule has 8 nitrogen and oxygen atoms in total. The van der Waals surface area contributed by atoms with Crippen LogP contribution in [0.25, 0.3) is 0 Å². The first-order valence-corrected chi connectivity index (χ1v) is 14.0. The smallest absolute Gasteiger partial charge is 0.321 e. The number of anilines is 1. The van der Waals surface area contributed by atoms with Crippen LogP contribution in [-0.2, 0) is 0 Å². The predicted octanol–water partition coefficient (Wildman–Crippen LogP) is 4.65. The molecule has 1 aromatic rings. The molecule has 2 atom stereocenters. The van der Waals surface area contributed by atoms with Crippen LogP contribution in [0.4, 0.5) is 15.3 Å². The topological polar surface area (TPSA) is 77.2 Å². The Morgan fingerprint density at radius 1 is 1.19 bits per heavy atom. The number of benzene rings is 1.